The van der Waals surface area contributed by atoms with Crippen molar-refractivity contribution in [3.8, 4) is 0 Å². The van der Waals surface area contributed by atoms with Gasteiger partial charge in [-0.25, -0.2) is 9.59 Å². The summed E-state index contributed by atoms with van der Waals surface area (Å²) in [7, 11) is 0. The van der Waals surface area contributed by atoms with Crippen molar-refractivity contribution >= 4 is 11.9 Å². The minimum absolute atomic E-state index is 0.0314. The van der Waals surface area contributed by atoms with Crippen molar-refractivity contribution in [3.63, 3.8) is 0 Å². The van der Waals surface area contributed by atoms with Gasteiger partial charge in [-0.15, -0.1) is 0 Å². The van der Waals surface area contributed by atoms with Crippen LogP contribution in [0.1, 0.15) is 52.4 Å². The van der Waals surface area contributed by atoms with Crippen LogP contribution in [0.5, 0.6) is 0 Å². The van der Waals surface area contributed by atoms with Crippen molar-refractivity contribution in [1.29, 1.82) is 0 Å². The smallest absolute Gasteiger partial charge is 0.334 e. The fraction of sp³-hybridized carbons (Fsp3) is 0.500. The Hall–Kier alpha value is -2.10. The molecular weight excluding hydrogens is 304 g/mol. The van der Waals surface area contributed by atoms with Crippen LogP contribution in [0.4, 0.5) is 0 Å². The first kappa shape index (κ1) is 18.2. The van der Waals surface area contributed by atoms with Gasteiger partial charge < -0.3 is 9.84 Å². The summed E-state index contributed by atoms with van der Waals surface area (Å²) < 4.78 is 5.46. The zero-order valence-electron chi connectivity index (χ0n) is 14.5. The minimum atomic E-state index is -0.837. The fourth-order valence-corrected chi connectivity index (χ4v) is 3.21. The number of carbonyl (C=O) groups excluding carboxylic acids is 1. The number of carbonyl (C=O) groups is 2. The molecule has 24 heavy (non-hydrogen) atoms. The normalized spacial score (nSPS) is 33.0. The molecule has 0 bridgehead atoms. The molecule has 0 amide bonds. The first-order chi connectivity index (χ1) is 11.4. The van der Waals surface area contributed by atoms with Gasteiger partial charge in [0.15, 0.2) is 0 Å². The summed E-state index contributed by atoms with van der Waals surface area (Å²) in [4.78, 5) is 23.2. The van der Waals surface area contributed by atoms with Gasteiger partial charge in [-0.05, 0) is 58.4 Å². The molecule has 1 aliphatic heterocycles. The molecule has 0 radical (unpaired) electrons. The number of rotatable bonds is 1. The fourth-order valence-electron chi connectivity index (χ4n) is 3.21. The highest BCUT2D eigenvalue weighted by Gasteiger charge is 2.36. The van der Waals surface area contributed by atoms with E-state index in [2.05, 4.69) is 12.7 Å². The first-order valence-corrected chi connectivity index (χ1v) is 8.53. The summed E-state index contributed by atoms with van der Waals surface area (Å²) in [5.74, 6) is -1.10. The summed E-state index contributed by atoms with van der Waals surface area (Å²) >= 11 is 0. The van der Waals surface area contributed by atoms with Gasteiger partial charge in [-0.1, -0.05) is 29.9 Å². The molecule has 2 unspecified atom stereocenters. The molecule has 0 aromatic carbocycles. The molecule has 2 rings (SSSR count). The largest absolute Gasteiger partial charge is 0.478 e. The lowest BCUT2D eigenvalue weighted by molar-refractivity contribution is -0.137. The number of ether oxygens (including phenoxy) is 1. The van der Waals surface area contributed by atoms with Crippen molar-refractivity contribution in [3.05, 3.63) is 47.1 Å². The molecule has 2 aliphatic rings. The van der Waals surface area contributed by atoms with Crippen LogP contribution in [0.2, 0.25) is 0 Å². The van der Waals surface area contributed by atoms with Gasteiger partial charge in [0.2, 0.25) is 0 Å². The second-order valence-corrected chi connectivity index (χ2v) is 6.72. The van der Waals surface area contributed by atoms with E-state index in [1.165, 1.54) is 5.57 Å². The lowest BCUT2D eigenvalue weighted by Gasteiger charge is -2.16. The van der Waals surface area contributed by atoms with E-state index >= 15 is 0 Å². The van der Waals surface area contributed by atoms with Crippen molar-refractivity contribution in [2.24, 2.45) is 5.92 Å². The van der Waals surface area contributed by atoms with Crippen LogP contribution in [0, 0.1) is 5.92 Å². The third kappa shape index (κ3) is 4.70. The van der Waals surface area contributed by atoms with Crippen LogP contribution in [0.25, 0.3) is 0 Å². The average molecular weight is 330 g/mol. The monoisotopic (exact) mass is 330 g/mol. The zero-order valence-corrected chi connectivity index (χ0v) is 14.5. The van der Waals surface area contributed by atoms with Gasteiger partial charge in [0.1, 0.15) is 6.10 Å². The molecule has 0 aromatic rings. The number of esters is 1. The highest BCUT2D eigenvalue weighted by atomic mass is 16.5. The van der Waals surface area contributed by atoms with E-state index in [-0.39, 0.29) is 18.0 Å². The number of hydrogen-bond donors (Lipinski definition) is 1. The summed E-state index contributed by atoms with van der Waals surface area (Å²) in [5.41, 5.74) is 3.36. The van der Waals surface area contributed by atoms with Crippen molar-refractivity contribution in [1.82, 2.24) is 0 Å². The minimum Gasteiger partial charge on any atom is -0.478 e. The van der Waals surface area contributed by atoms with Crippen LogP contribution in [-0.2, 0) is 14.3 Å². The third-order valence-electron chi connectivity index (χ3n) is 4.76. The predicted molar refractivity (Wildman–Crippen MR) is 93.4 cm³/mol. The van der Waals surface area contributed by atoms with E-state index in [0.717, 1.165) is 31.3 Å². The maximum atomic E-state index is 11.8. The number of carboxylic acid groups (broad SMARTS) is 1. The number of fused-ring (bicyclic) bond motifs is 1. The third-order valence-corrected chi connectivity index (χ3v) is 4.76. The summed E-state index contributed by atoms with van der Waals surface area (Å²) in [6.07, 6.45) is 10.1. The van der Waals surface area contributed by atoms with Crippen LogP contribution < -0.4 is 0 Å². The number of carboxylic acids is 1. The highest BCUT2D eigenvalue weighted by Crippen LogP contribution is 2.33. The molecule has 1 fully saturated rings. The second-order valence-electron chi connectivity index (χ2n) is 6.72. The quantitative estimate of drug-likeness (QED) is 0.441. The second kappa shape index (κ2) is 8.13. The maximum Gasteiger partial charge on any atom is 0.334 e. The van der Waals surface area contributed by atoms with Crippen molar-refractivity contribution in [2.45, 2.75) is 58.5 Å². The molecule has 4 nitrogen and oxygen atoms in total. The first-order valence-electron chi connectivity index (χ1n) is 8.53. The highest BCUT2D eigenvalue weighted by molar-refractivity contribution is 5.91. The Morgan fingerprint density at radius 2 is 1.88 bits per heavy atom. The van der Waals surface area contributed by atoms with Crippen LogP contribution in [-0.4, -0.2) is 23.1 Å². The van der Waals surface area contributed by atoms with Gasteiger partial charge in [-0.2, -0.15) is 0 Å². The van der Waals surface area contributed by atoms with Gasteiger partial charge in [0, 0.05) is 17.1 Å². The zero-order chi connectivity index (χ0) is 17.7. The lowest BCUT2D eigenvalue weighted by atomic mass is 9.89. The number of allylic oxidation sites excluding steroid dienone is 4. The molecule has 2 atom stereocenters. The predicted octanol–water partition coefficient (Wildman–Crippen LogP) is 4.34. The summed E-state index contributed by atoms with van der Waals surface area (Å²) in [6, 6.07) is 0. The van der Waals surface area contributed by atoms with E-state index in [9.17, 15) is 14.7 Å². The van der Waals surface area contributed by atoms with Gasteiger partial charge in [0.05, 0.1) is 0 Å². The SMILES string of the molecule is C=C1C(=O)OC2/C=C(\C)CC/C=C(\C(=O)O)CC/C=C(\C)CCC12. The molecule has 0 spiro atoms. The summed E-state index contributed by atoms with van der Waals surface area (Å²) in [6.45, 7) is 7.95. The summed E-state index contributed by atoms with van der Waals surface area (Å²) in [5, 5.41) is 9.29. The van der Waals surface area contributed by atoms with Crippen molar-refractivity contribution in [2.75, 3.05) is 0 Å². The topological polar surface area (TPSA) is 63.6 Å². The molecule has 0 aromatic heterocycles. The van der Waals surface area contributed by atoms with E-state index in [1.54, 1.807) is 0 Å². The molecule has 1 saturated heterocycles. The lowest BCUT2D eigenvalue weighted by Crippen LogP contribution is -2.15. The Morgan fingerprint density at radius 3 is 2.58 bits per heavy atom. The standard InChI is InChI=1S/C20H26O4/c1-13-6-4-8-16(19(21)22)9-5-7-14(2)12-18-17(11-10-13)15(3)20(23)24-18/h6,9,12,17-18H,3-5,7-8,10-11H2,1-2H3,(H,21,22)/b13-6+,14-12+,16-9-. The Balaban J connectivity index is 2.23. The average Bonchev–Trinajstić information content (AvgIpc) is 2.77. The Morgan fingerprint density at radius 1 is 1.17 bits per heavy atom. The van der Waals surface area contributed by atoms with Crippen LogP contribution >= 0.6 is 0 Å². The molecule has 4 heteroatoms. The number of hydrogen-bond acceptors (Lipinski definition) is 3. The van der Waals surface area contributed by atoms with E-state index in [1.807, 2.05) is 26.0 Å². The van der Waals surface area contributed by atoms with Crippen molar-refractivity contribution < 1.29 is 19.4 Å². The maximum absolute atomic E-state index is 11.8. The molecule has 1 N–H and O–H groups in total. The van der Waals surface area contributed by atoms with Crippen LogP contribution in [0.15, 0.2) is 47.1 Å². The Kier molecular flexibility index (Phi) is 6.18. The van der Waals surface area contributed by atoms with E-state index in [0.29, 0.717) is 24.0 Å². The molecule has 0 saturated carbocycles. The Labute approximate surface area is 143 Å². The van der Waals surface area contributed by atoms with Crippen LogP contribution in [0.3, 0.4) is 0 Å². The Bertz CT molecular complexity index is 622. The van der Waals surface area contributed by atoms with Gasteiger partial charge >= 0.3 is 11.9 Å². The van der Waals surface area contributed by atoms with Gasteiger partial charge in [0.25, 0.3) is 0 Å². The molecule has 1 heterocycles. The van der Waals surface area contributed by atoms with Gasteiger partial charge in [-0.3, -0.25) is 0 Å². The van der Waals surface area contributed by atoms with E-state index < -0.39 is 5.97 Å². The molecule has 1 aliphatic carbocycles. The van der Waals surface area contributed by atoms with E-state index in [4.69, 9.17) is 4.74 Å². The molecule has 130 valence electrons. The number of aliphatic carboxylic acids is 1. The molecular formula is C20H26O4.